The summed E-state index contributed by atoms with van der Waals surface area (Å²) in [4.78, 5) is 32.9. The Bertz CT molecular complexity index is 620. The van der Waals surface area contributed by atoms with Crippen molar-refractivity contribution in [1.29, 1.82) is 0 Å². The van der Waals surface area contributed by atoms with E-state index < -0.39 is 11.4 Å². The molecule has 0 aliphatic carbocycles. The molecule has 16 heavy (non-hydrogen) atoms. The fourth-order valence-electron chi connectivity index (χ4n) is 1.29. The van der Waals surface area contributed by atoms with E-state index in [4.69, 9.17) is 5.11 Å². The van der Waals surface area contributed by atoms with Crippen molar-refractivity contribution in [2.75, 3.05) is 12.4 Å². The largest absolute Gasteiger partial charge is 0.477 e. The maximum Gasteiger partial charge on any atom is 0.341 e. The van der Waals surface area contributed by atoms with Crippen LogP contribution in [0.2, 0.25) is 0 Å². The minimum Gasteiger partial charge on any atom is -0.477 e. The minimum absolute atomic E-state index is 0.152. The van der Waals surface area contributed by atoms with E-state index in [1.807, 2.05) is 0 Å². The molecule has 2 aromatic heterocycles. The molecule has 0 spiro atoms. The third-order valence-corrected chi connectivity index (χ3v) is 2.09. The standard InChI is InChI=1S/C9H8N4O3/c1-10-9-12-2-4-6(14)5(8(15)16)3-11-7(4)13-9/h2-3H,1H3,(H,15,16)(H2,10,11,12,13,14). The average molecular weight is 220 g/mol. The van der Waals surface area contributed by atoms with Crippen molar-refractivity contribution in [2.24, 2.45) is 0 Å². The van der Waals surface area contributed by atoms with E-state index in [2.05, 4.69) is 20.3 Å². The van der Waals surface area contributed by atoms with Gasteiger partial charge in [-0.1, -0.05) is 0 Å². The Morgan fingerprint density at radius 1 is 1.56 bits per heavy atom. The van der Waals surface area contributed by atoms with Crippen molar-refractivity contribution >= 4 is 23.0 Å². The quantitative estimate of drug-likeness (QED) is 0.660. The van der Waals surface area contributed by atoms with Gasteiger partial charge >= 0.3 is 5.97 Å². The molecular weight excluding hydrogens is 212 g/mol. The van der Waals surface area contributed by atoms with Crippen LogP contribution in [-0.2, 0) is 0 Å². The lowest BCUT2D eigenvalue weighted by molar-refractivity contribution is 0.0695. The van der Waals surface area contributed by atoms with Gasteiger partial charge in [0.15, 0.2) is 0 Å². The second-order valence-electron chi connectivity index (χ2n) is 3.04. The number of carbonyl (C=O) groups is 1. The van der Waals surface area contributed by atoms with Crippen LogP contribution in [0, 0.1) is 0 Å². The van der Waals surface area contributed by atoms with Gasteiger partial charge in [-0.3, -0.25) is 4.79 Å². The first-order valence-electron chi connectivity index (χ1n) is 4.43. The molecule has 0 fully saturated rings. The Morgan fingerprint density at radius 3 is 2.94 bits per heavy atom. The van der Waals surface area contributed by atoms with Crippen LogP contribution < -0.4 is 10.7 Å². The zero-order valence-electron chi connectivity index (χ0n) is 8.31. The Hall–Kier alpha value is -2.44. The number of pyridine rings is 1. The van der Waals surface area contributed by atoms with Gasteiger partial charge in [-0.05, 0) is 0 Å². The predicted octanol–water partition coefficient (Wildman–Crippen LogP) is 0.0580. The lowest BCUT2D eigenvalue weighted by atomic mass is 10.2. The molecule has 0 saturated heterocycles. The van der Waals surface area contributed by atoms with Gasteiger partial charge in [0.1, 0.15) is 11.2 Å². The lowest BCUT2D eigenvalue weighted by Crippen LogP contribution is -2.16. The molecule has 0 aliphatic rings. The molecule has 2 rings (SSSR count). The maximum absolute atomic E-state index is 11.7. The van der Waals surface area contributed by atoms with E-state index in [9.17, 15) is 9.59 Å². The number of nitrogens with zero attached hydrogens (tertiary/aromatic N) is 2. The minimum atomic E-state index is -1.28. The molecule has 0 saturated carbocycles. The molecule has 7 nitrogen and oxygen atoms in total. The monoisotopic (exact) mass is 220 g/mol. The molecule has 82 valence electrons. The number of hydrogen-bond acceptors (Lipinski definition) is 5. The van der Waals surface area contributed by atoms with E-state index in [0.717, 1.165) is 6.20 Å². The van der Waals surface area contributed by atoms with Crippen molar-refractivity contribution in [1.82, 2.24) is 15.0 Å². The number of anilines is 1. The van der Waals surface area contributed by atoms with Crippen molar-refractivity contribution < 1.29 is 9.90 Å². The summed E-state index contributed by atoms with van der Waals surface area (Å²) in [6.45, 7) is 0. The van der Waals surface area contributed by atoms with Gasteiger partial charge in [0.2, 0.25) is 11.4 Å². The smallest absolute Gasteiger partial charge is 0.341 e. The summed E-state index contributed by atoms with van der Waals surface area (Å²) in [5, 5.41) is 11.6. The zero-order chi connectivity index (χ0) is 11.7. The van der Waals surface area contributed by atoms with Crippen molar-refractivity contribution in [3.63, 3.8) is 0 Å². The second-order valence-corrected chi connectivity index (χ2v) is 3.04. The highest BCUT2D eigenvalue weighted by atomic mass is 16.4. The van der Waals surface area contributed by atoms with Crippen molar-refractivity contribution in [3.8, 4) is 0 Å². The van der Waals surface area contributed by atoms with Gasteiger partial charge in [-0.15, -0.1) is 0 Å². The van der Waals surface area contributed by atoms with E-state index in [1.54, 1.807) is 7.05 Å². The first-order chi connectivity index (χ1) is 7.63. The zero-order valence-corrected chi connectivity index (χ0v) is 8.31. The number of rotatable bonds is 2. The molecule has 0 unspecified atom stereocenters. The van der Waals surface area contributed by atoms with Crippen LogP contribution in [0.3, 0.4) is 0 Å². The Kier molecular flexibility index (Phi) is 2.28. The van der Waals surface area contributed by atoms with E-state index in [1.165, 1.54) is 6.20 Å². The summed E-state index contributed by atoms with van der Waals surface area (Å²) >= 11 is 0. The molecule has 3 N–H and O–H groups in total. The summed E-state index contributed by atoms with van der Waals surface area (Å²) in [6.07, 6.45) is 2.42. The summed E-state index contributed by atoms with van der Waals surface area (Å²) in [5.74, 6) is -0.924. The van der Waals surface area contributed by atoms with Gasteiger partial charge in [0.25, 0.3) is 0 Å². The number of aromatic nitrogens is 3. The number of fused-ring (bicyclic) bond motifs is 1. The summed E-state index contributed by atoms with van der Waals surface area (Å²) < 4.78 is 0. The van der Waals surface area contributed by atoms with Gasteiger partial charge in [0, 0.05) is 19.4 Å². The second kappa shape index (κ2) is 3.61. The summed E-state index contributed by atoms with van der Waals surface area (Å²) in [5.41, 5.74) is -0.619. The van der Waals surface area contributed by atoms with Crippen LogP contribution in [0.25, 0.3) is 11.0 Å². The number of H-pyrrole nitrogens is 1. The Labute approximate surface area is 89.2 Å². The van der Waals surface area contributed by atoms with Crippen LogP contribution in [-0.4, -0.2) is 33.1 Å². The Balaban J connectivity index is 2.77. The number of aromatic carboxylic acids is 1. The molecule has 0 aliphatic heterocycles. The highest BCUT2D eigenvalue weighted by molar-refractivity contribution is 5.91. The SMILES string of the molecule is CNc1ncc2c(=O)c(C(=O)O)c[nH]c2n1. The van der Waals surface area contributed by atoms with Gasteiger partial charge in [-0.25, -0.2) is 9.78 Å². The average Bonchev–Trinajstić information content (AvgIpc) is 2.28. The molecule has 0 radical (unpaired) electrons. The molecule has 0 amide bonds. The number of carboxylic acids is 1. The Morgan fingerprint density at radius 2 is 2.31 bits per heavy atom. The van der Waals surface area contributed by atoms with Crippen LogP contribution in [0.4, 0.5) is 5.95 Å². The van der Waals surface area contributed by atoms with Crippen LogP contribution in [0.5, 0.6) is 0 Å². The van der Waals surface area contributed by atoms with E-state index in [-0.39, 0.29) is 10.9 Å². The topological polar surface area (TPSA) is 108 Å². The van der Waals surface area contributed by atoms with Gasteiger partial charge in [0.05, 0.1) is 5.39 Å². The van der Waals surface area contributed by atoms with Crippen molar-refractivity contribution in [2.45, 2.75) is 0 Å². The summed E-state index contributed by atoms with van der Waals surface area (Å²) in [6, 6.07) is 0. The third-order valence-electron chi connectivity index (χ3n) is 2.09. The molecule has 2 aromatic rings. The fourth-order valence-corrected chi connectivity index (χ4v) is 1.29. The van der Waals surface area contributed by atoms with Crippen LogP contribution >= 0.6 is 0 Å². The number of aromatic amines is 1. The molecule has 0 bridgehead atoms. The first kappa shape index (κ1) is 10.1. The molecular formula is C9H8N4O3. The first-order valence-corrected chi connectivity index (χ1v) is 4.43. The molecule has 2 heterocycles. The molecule has 7 heteroatoms. The van der Waals surface area contributed by atoms with Crippen LogP contribution in [0.15, 0.2) is 17.2 Å². The normalized spacial score (nSPS) is 10.3. The van der Waals surface area contributed by atoms with Crippen molar-refractivity contribution in [3.05, 3.63) is 28.2 Å². The lowest BCUT2D eigenvalue weighted by Gasteiger charge is -2.01. The molecule has 0 atom stereocenters. The van der Waals surface area contributed by atoms with E-state index >= 15 is 0 Å². The highest BCUT2D eigenvalue weighted by Gasteiger charge is 2.12. The fraction of sp³-hybridized carbons (Fsp3) is 0.111. The summed E-state index contributed by atoms with van der Waals surface area (Å²) in [7, 11) is 1.64. The third kappa shape index (κ3) is 1.48. The highest BCUT2D eigenvalue weighted by Crippen LogP contribution is 2.06. The van der Waals surface area contributed by atoms with E-state index in [0.29, 0.717) is 11.6 Å². The maximum atomic E-state index is 11.7. The number of nitrogens with one attached hydrogen (secondary N) is 2. The van der Waals surface area contributed by atoms with Gasteiger partial charge < -0.3 is 15.4 Å². The number of carboxylic acid groups (broad SMARTS) is 1. The predicted molar refractivity (Wildman–Crippen MR) is 56.7 cm³/mol. The van der Waals surface area contributed by atoms with Gasteiger partial charge in [-0.2, -0.15) is 4.98 Å². The number of hydrogen-bond donors (Lipinski definition) is 3. The molecule has 0 aromatic carbocycles. The van der Waals surface area contributed by atoms with Crippen LogP contribution in [0.1, 0.15) is 10.4 Å².